The SMILES string of the molecule is CCOC(=O)c1ccc(-n2c(O)c([C@@H]3NCCc4c3[nH]c3ccccc43)c(=O)[nH]c2=O)cc1. The summed E-state index contributed by atoms with van der Waals surface area (Å²) in [5.74, 6) is -0.947. The van der Waals surface area contributed by atoms with Gasteiger partial charge in [0.1, 0.15) is 5.56 Å². The molecule has 5 rings (SSSR count). The van der Waals surface area contributed by atoms with Crippen molar-refractivity contribution < 1.29 is 14.6 Å². The number of aromatic amines is 2. The van der Waals surface area contributed by atoms with E-state index in [0.29, 0.717) is 17.8 Å². The Bertz CT molecular complexity index is 1480. The maximum absolute atomic E-state index is 12.8. The predicted molar refractivity (Wildman–Crippen MR) is 122 cm³/mol. The number of fused-ring (bicyclic) bond motifs is 3. The van der Waals surface area contributed by atoms with Crippen molar-refractivity contribution in [2.45, 2.75) is 19.4 Å². The number of carbonyl (C=O) groups is 1. The van der Waals surface area contributed by atoms with Crippen molar-refractivity contribution in [3.63, 3.8) is 0 Å². The number of ether oxygens (including phenoxy) is 1. The molecule has 0 fully saturated rings. The van der Waals surface area contributed by atoms with Crippen molar-refractivity contribution >= 4 is 16.9 Å². The molecule has 2 aromatic carbocycles. The van der Waals surface area contributed by atoms with Gasteiger partial charge in [-0.1, -0.05) is 18.2 Å². The highest BCUT2D eigenvalue weighted by molar-refractivity contribution is 5.89. The summed E-state index contributed by atoms with van der Waals surface area (Å²) in [7, 11) is 0. The topological polar surface area (TPSA) is 129 Å². The minimum absolute atomic E-state index is 0.0385. The number of hydrogen-bond donors (Lipinski definition) is 4. The standard InChI is InChI=1S/C24H22N4O5/c1-2-33-23(31)13-7-9-14(10-8-13)28-22(30)18(21(29)27-24(28)32)20-19-16(11-12-25-20)15-5-3-4-6-17(15)26-19/h3-10,20,25-26,30H,2,11-12H2,1H3,(H,27,29,32)/t20-/m0/s1. The average Bonchev–Trinajstić information content (AvgIpc) is 3.19. The van der Waals surface area contributed by atoms with Gasteiger partial charge in [-0.05, 0) is 49.2 Å². The van der Waals surface area contributed by atoms with Crippen molar-refractivity contribution in [1.82, 2.24) is 19.9 Å². The van der Waals surface area contributed by atoms with Crippen LogP contribution in [0, 0.1) is 0 Å². The summed E-state index contributed by atoms with van der Waals surface area (Å²) in [5.41, 5.74) is 2.01. The van der Waals surface area contributed by atoms with Crippen LogP contribution in [0.4, 0.5) is 0 Å². The second-order valence-electron chi connectivity index (χ2n) is 7.80. The van der Waals surface area contributed by atoms with E-state index in [0.717, 1.165) is 33.1 Å². The zero-order valence-corrected chi connectivity index (χ0v) is 17.8. The normalized spacial score (nSPS) is 15.4. The second kappa shape index (κ2) is 8.10. The van der Waals surface area contributed by atoms with Crippen molar-refractivity contribution in [2.75, 3.05) is 13.2 Å². The van der Waals surface area contributed by atoms with Gasteiger partial charge in [-0.15, -0.1) is 0 Å². The number of para-hydroxylation sites is 1. The van der Waals surface area contributed by atoms with Gasteiger partial charge in [0.25, 0.3) is 5.56 Å². The molecule has 0 bridgehead atoms. The zero-order valence-electron chi connectivity index (χ0n) is 17.8. The summed E-state index contributed by atoms with van der Waals surface area (Å²) in [5, 5.41) is 15.5. The first kappa shape index (κ1) is 20.8. The van der Waals surface area contributed by atoms with E-state index in [9.17, 15) is 19.5 Å². The minimum atomic E-state index is -0.780. The van der Waals surface area contributed by atoms with Crippen LogP contribution < -0.4 is 16.6 Å². The summed E-state index contributed by atoms with van der Waals surface area (Å²) >= 11 is 0. The van der Waals surface area contributed by atoms with Crippen LogP contribution in [0.2, 0.25) is 0 Å². The van der Waals surface area contributed by atoms with Crippen LogP contribution in [0.15, 0.2) is 58.1 Å². The third kappa shape index (κ3) is 3.42. The van der Waals surface area contributed by atoms with E-state index in [-0.39, 0.29) is 12.2 Å². The predicted octanol–water partition coefficient (Wildman–Crippen LogP) is 2.12. The number of hydrogen-bond acceptors (Lipinski definition) is 6. The average molecular weight is 446 g/mol. The van der Waals surface area contributed by atoms with Gasteiger partial charge >= 0.3 is 11.7 Å². The van der Waals surface area contributed by atoms with Crippen LogP contribution in [0.1, 0.15) is 40.1 Å². The van der Waals surface area contributed by atoms with E-state index in [4.69, 9.17) is 4.74 Å². The van der Waals surface area contributed by atoms with Gasteiger partial charge in [0.05, 0.1) is 23.9 Å². The first-order valence-corrected chi connectivity index (χ1v) is 10.7. The van der Waals surface area contributed by atoms with Crippen LogP contribution in [0.5, 0.6) is 5.88 Å². The van der Waals surface area contributed by atoms with E-state index in [1.165, 1.54) is 24.3 Å². The van der Waals surface area contributed by atoms with Gasteiger partial charge in [-0.25, -0.2) is 14.2 Å². The lowest BCUT2D eigenvalue weighted by molar-refractivity contribution is 0.0526. The molecule has 0 amide bonds. The Labute approximate surface area is 187 Å². The third-order valence-corrected chi connectivity index (χ3v) is 5.90. The Balaban J connectivity index is 1.63. The lowest BCUT2D eigenvalue weighted by Crippen LogP contribution is -2.38. The number of esters is 1. The molecule has 9 heteroatoms. The van der Waals surface area contributed by atoms with Crippen LogP contribution in [0.25, 0.3) is 16.6 Å². The molecule has 0 saturated heterocycles. The molecule has 33 heavy (non-hydrogen) atoms. The Morgan fingerprint density at radius 1 is 1.12 bits per heavy atom. The zero-order chi connectivity index (χ0) is 23.1. The fourth-order valence-electron chi connectivity index (χ4n) is 4.43. The summed E-state index contributed by atoms with van der Waals surface area (Å²) in [4.78, 5) is 43.1. The smallest absolute Gasteiger partial charge is 0.338 e. The van der Waals surface area contributed by atoms with Gasteiger partial charge < -0.3 is 20.1 Å². The third-order valence-electron chi connectivity index (χ3n) is 5.90. The molecule has 0 unspecified atom stereocenters. The Kier molecular flexibility index (Phi) is 5.10. The molecule has 1 aliphatic rings. The number of nitrogens with zero attached hydrogens (tertiary/aromatic N) is 1. The number of carbonyl (C=O) groups excluding carboxylic acids is 1. The lowest BCUT2D eigenvalue weighted by atomic mass is 9.95. The molecule has 0 aliphatic carbocycles. The number of H-pyrrole nitrogens is 2. The number of aromatic hydroxyl groups is 1. The molecule has 1 atom stereocenters. The highest BCUT2D eigenvalue weighted by atomic mass is 16.5. The lowest BCUT2D eigenvalue weighted by Gasteiger charge is -2.25. The first-order chi connectivity index (χ1) is 16.0. The van der Waals surface area contributed by atoms with E-state index in [1.54, 1.807) is 6.92 Å². The second-order valence-corrected chi connectivity index (χ2v) is 7.80. The van der Waals surface area contributed by atoms with Crippen LogP contribution >= 0.6 is 0 Å². The largest absolute Gasteiger partial charge is 0.494 e. The van der Waals surface area contributed by atoms with Crippen molar-refractivity contribution in [3.05, 3.63) is 91.8 Å². The van der Waals surface area contributed by atoms with Gasteiger partial charge in [-0.3, -0.25) is 9.78 Å². The molecule has 2 aromatic heterocycles. The van der Waals surface area contributed by atoms with Gasteiger partial charge in [0, 0.05) is 23.1 Å². The molecule has 0 spiro atoms. The van der Waals surface area contributed by atoms with E-state index < -0.39 is 29.1 Å². The fraction of sp³-hybridized carbons (Fsp3) is 0.208. The molecule has 0 radical (unpaired) electrons. The summed E-state index contributed by atoms with van der Waals surface area (Å²) < 4.78 is 6.00. The number of nitrogens with one attached hydrogen (secondary N) is 3. The molecule has 4 N–H and O–H groups in total. The molecule has 9 nitrogen and oxygen atoms in total. The Morgan fingerprint density at radius 3 is 2.64 bits per heavy atom. The minimum Gasteiger partial charge on any atom is -0.494 e. The van der Waals surface area contributed by atoms with Crippen LogP contribution in [-0.4, -0.2) is 38.8 Å². The number of rotatable bonds is 4. The maximum atomic E-state index is 12.8. The molecular weight excluding hydrogens is 424 g/mol. The molecule has 1 aliphatic heterocycles. The van der Waals surface area contributed by atoms with Crippen molar-refractivity contribution in [3.8, 4) is 11.6 Å². The summed E-state index contributed by atoms with van der Waals surface area (Å²) in [6, 6.07) is 13.3. The monoisotopic (exact) mass is 446 g/mol. The number of aromatic nitrogens is 3. The molecule has 4 aromatic rings. The van der Waals surface area contributed by atoms with Crippen molar-refractivity contribution in [1.29, 1.82) is 0 Å². The van der Waals surface area contributed by atoms with E-state index >= 15 is 0 Å². The molecule has 3 heterocycles. The Hall–Kier alpha value is -4.11. The van der Waals surface area contributed by atoms with Crippen molar-refractivity contribution in [2.24, 2.45) is 0 Å². The summed E-state index contributed by atoms with van der Waals surface area (Å²) in [6.07, 6.45) is 0.767. The quantitative estimate of drug-likeness (QED) is 0.356. The first-order valence-electron chi connectivity index (χ1n) is 10.7. The van der Waals surface area contributed by atoms with Gasteiger partial charge in [0.15, 0.2) is 0 Å². The van der Waals surface area contributed by atoms with E-state index in [2.05, 4.69) is 15.3 Å². The van der Waals surface area contributed by atoms with E-state index in [1.807, 2.05) is 24.3 Å². The summed E-state index contributed by atoms with van der Waals surface area (Å²) in [6.45, 7) is 2.56. The van der Waals surface area contributed by atoms with Crippen LogP contribution in [0.3, 0.4) is 0 Å². The van der Waals surface area contributed by atoms with Crippen LogP contribution in [-0.2, 0) is 11.2 Å². The highest BCUT2D eigenvalue weighted by Gasteiger charge is 2.31. The van der Waals surface area contributed by atoms with Gasteiger partial charge in [0.2, 0.25) is 5.88 Å². The molecular formula is C24H22N4O5. The van der Waals surface area contributed by atoms with Gasteiger partial charge in [-0.2, -0.15) is 0 Å². The fourth-order valence-corrected chi connectivity index (χ4v) is 4.43. The maximum Gasteiger partial charge on any atom is 0.338 e. The highest BCUT2D eigenvalue weighted by Crippen LogP contribution is 2.35. The Morgan fingerprint density at radius 2 is 1.88 bits per heavy atom. The molecule has 0 saturated carbocycles. The molecule has 168 valence electrons. The number of benzene rings is 2.